The molecule has 0 amide bonds. The Morgan fingerprint density at radius 2 is 1.80 bits per heavy atom. The second kappa shape index (κ2) is 7.87. The molecule has 1 saturated heterocycles. The van der Waals surface area contributed by atoms with E-state index >= 15 is 0 Å². The molecule has 4 atom stereocenters. The van der Waals surface area contributed by atoms with E-state index in [2.05, 4.69) is 33.9 Å². The number of aliphatic hydroxyl groups is 1. The van der Waals surface area contributed by atoms with Gasteiger partial charge in [0.2, 0.25) is 0 Å². The van der Waals surface area contributed by atoms with Crippen molar-refractivity contribution in [3.05, 3.63) is 48.0 Å². The minimum Gasteiger partial charge on any atom is -0.451 e. The third-order valence-electron chi connectivity index (χ3n) is 6.31. The van der Waals surface area contributed by atoms with Crippen molar-refractivity contribution in [2.24, 2.45) is 0 Å². The predicted octanol–water partition coefficient (Wildman–Crippen LogP) is 4.05. The summed E-state index contributed by atoms with van der Waals surface area (Å²) >= 11 is 0. The molecule has 0 bridgehead atoms. The first kappa shape index (κ1) is 23.2. The van der Waals surface area contributed by atoms with Crippen LogP contribution in [0.3, 0.4) is 0 Å². The molecule has 1 N–H and O–H groups in total. The topological polar surface area (TPSA) is 74.2 Å². The van der Waals surface area contributed by atoms with E-state index in [1.54, 1.807) is 36.4 Å². The van der Waals surface area contributed by atoms with Crippen LogP contribution in [-0.2, 0) is 18.6 Å². The largest absolute Gasteiger partial charge is 0.451 e. The summed E-state index contributed by atoms with van der Waals surface area (Å²) in [5.41, 5.74) is -0.690. The first-order chi connectivity index (χ1) is 13.8. The maximum atomic E-state index is 12.8. The Labute approximate surface area is 180 Å². The zero-order valence-corrected chi connectivity index (χ0v) is 20.0. The molecule has 3 rings (SSSR count). The minimum absolute atomic E-state index is 0.0692. The van der Waals surface area contributed by atoms with E-state index < -0.39 is 44.0 Å². The maximum Gasteiger partial charge on any atom is 0.338 e. The van der Waals surface area contributed by atoms with Gasteiger partial charge in [-0.05, 0) is 50.2 Å². The monoisotopic (exact) mass is 434 g/mol. The van der Waals surface area contributed by atoms with Gasteiger partial charge in [0.1, 0.15) is 12.2 Å². The highest BCUT2D eigenvalue weighted by molar-refractivity contribution is 6.74. The highest BCUT2D eigenvalue weighted by Crippen LogP contribution is 2.46. The van der Waals surface area contributed by atoms with Crippen LogP contribution in [0.2, 0.25) is 18.1 Å². The summed E-state index contributed by atoms with van der Waals surface area (Å²) in [6.07, 6.45) is 0.926. The smallest absolute Gasteiger partial charge is 0.338 e. The van der Waals surface area contributed by atoms with E-state index in [-0.39, 0.29) is 11.6 Å². The van der Waals surface area contributed by atoms with Crippen LogP contribution < -0.4 is 0 Å². The van der Waals surface area contributed by atoms with Crippen LogP contribution in [0.4, 0.5) is 0 Å². The standard InChI is InChI=1S/C23H34O6Si/c1-21(2,3)30(6,7)28-19-17(24)13-14-18(23(19)15-26-22(4,5)29-23)27-20(25)16-11-9-8-10-12-16/h8-14,17-19,24H,15H2,1-7H3/t17-,18-,19+,23+/m1/s1. The Kier molecular flexibility index (Phi) is 6.08. The summed E-state index contributed by atoms with van der Waals surface area (Å²) in [4.78, 5) is 12.8. The summed E-state index contributed by atoms with van der Waals surface area (Å²) in [5, 5.41) is 10.8. The molecule has 2 aliphatic rings. The van der Waals surface area contributed by atoms with Crippen LogP contribution in [0.25, 0.3) is 0 Å². The van der Waals surface area contributed by atoms with E-state index in [1.165, 1.54) is 0 Å². The van der Waals surface area contributed by atoms with Gasteiger partial charge in [0.05, 0.1) is 12.2 Å². The molecule has 0 unspecified atom stereocenters. The van der Waals surface area contributed by atoms with Crippen molar-refractivity contribution in [1.82, 2.24) is 0 Å². The molecule has 0 aromatic heterocycles. The van der Waals surface area contributed by atoms with Crippen molar-refractivity contribution in [1.29, 1.82) is 0 Å². The van der Waals surface area contributed by atoms with Gasteiger partial charge in [-0.1, -0.05) is 45.0 Å². The average Bonchev–Trinajstić information content (AvgIpc) is 2.97. The molecule has 166 valence electrons. The molecule has 0 saturated carbocycles. The number of aliphatic hydroxyl groups excluding tert-OH is 1. The second-order valence-corrected chi connectivity index (χ2v) is 14.9. The number of benzene rings is 1. The number of hydrogen-bond acceptors (Lipinski definition) is 6. The zero-order chi connectivity index (χ0) is 22.4. The van der Waals surface area contributed by atoms with Gasteiger partial charge in [0.15, 0.2) is 25.8 Å². The van der Waals surface area contributed by atoms with Crippen LogP contribution in [0, 0.1) is 0 Å². The lowest BCUT2D eigenvalue weighted by molar-refractivity contribution is -0.217. The first-order valence-corrected chi connectivity index (χ1v) is 13.3. The molecule has 30 heavy (non-hydrogen) atoms. The molecular formula is C23H34O6Si. The Morgan fingerprint density at radius 3 is 2.33 bits per heavy atom. The number of carbonyl (C=O) groups is 1. The van der Waals surface area contributed by atoms with Crippen molar-refractivity contribution < 1.29 is 28.5 Å². The molecule has 1 aromatic rings. The quantitative estimate of drug-likeness (QED) is 0.438. The Hall–Kier alpha value is -1.51. The number of carbonyl (C=O) groups excluding carboxylic acids is 1. The fourth-order valence-electron chi connectivity index (χ4n) is 3.57. The normalized spacial score (nSPS) is 31.1. The van der Waals surface area contributed by atoms with Crippen LogP contribution in [0.1, 0.15) is 45.0 Å². The van der Waals surface area contributed by atoms with Gasteiger partial charge in [-0.3, -0.25) is 0 Å². The van der Waals surface area contributed by atoms with Crippen LogP contribution in [0.15, 0.2) is 42.5 Å². The molecule has 6 nitrogen and oxygen atoms in total. The molecule has 1 aromatic carbocycles. The highest BCUT2D eigenvalue weighted by atomic mass is 28.4. The molecule has 0 radical (unpaired) electrons. The summed E-state index contributed by atoms with van der Waals surface area (Å²) in [7, 11) is -2.28. The third-order valence-corrected chi connectivity index (χ3v) is 10.8. The minimum atomic E-state index is -2.28. The SMILES string of the molecule is CC1(C)OC[C@]2(O1)[C@H](OC(=O)c1ccccc1)C=C[C@@H](O)[C@@H]2O[Si](C)(C)C(C)(C)C. The molecule has 1 aliphatic carbocycles. The lowest BCUT2D eigenvalue weighted by atomic mass is 9.82. The van der Waals surface area contributed by atoms with Gasteiger partial charge in [-0.15, -0.1) is 0 Å². The third kappa shape index (κ3) is 4.41. The molecule has 1 spiro atoms. The summed E-state index contributed by atoms with van der Waals surface area (Å²) in [6, 6.07) is 8.82. The number of hydrogen-bond donors (Lipinski definition) is 1. The van der Waals surface area contributed by atoms with E-state index in [0.717, 1.165) is 0 Å². The van der Waals surface area contributed by atoms with Crippen molar-refractivity contribution in [2.45, 2.75) is 82.5 Å². The molecule has 1 fully saturated rings. The fourth-order valence-corrected chi connectivity index (χ4v) is 4.90. The summed E-state index contributed by atoms with van der Waals surface area (Å²) in [5.74, 6) is -1.35. The fraction of sp³-hybridized carbons (Fsp3) is 0.609. The van der Waals surface area contributed by atoms with Crippen molar-refractivity contribution >= 4 is 14.3 Å². The number of rotatable bonds is 4. The van der Waals surface area contributed by atoms with E-state index in [1.807, 2.05) is 19.9 Å². The van der Waals surface area contributed by atoms with Gasteiger partial charge in [0.25, 0.3) is 0 Å². The molecule has 7 heteroatoms. The maximum absolute atomic E-state index is 12.8. The van der Waals surface area contributed by atoms with Gasteiger partial charge >= 0.3 is 5.97 Å². The van der Waals surface area contributed by atoms with Gasteiger partial charge in [0, 0.05) is 0 Å². The lowest BCUT2D eigenvalue weighted by Crippen LogP contribution is -2.65. The Bertz CT molecular complexity index is 798. The van der Waals surface area contributed by atoms with Crippen molar-refractivity contribution in [2.75, 3.05) is 6.61 Å². The lowest BCUT2D eigenvalue weighted by Gasteiger charge is -2.49. The van der Waals surface area contributed by atoms with Gasteiger partial charge in [-0.2, -0.15) is 0 Å². The van der Waals surface area contributed by atoms with E-state index in [0.29, 0.717) is 5.56 Å². The van der Waals surface area contributed by atoms with E-state index in [9.17, 15) is 9.90 Å². The van der Waals surface area contributed by atoms with Crippen molar-refractivity contribution in [3.63, 3.8) is 0 Å². The highest BCUT2D eigenvalue weighted by Gasteiger charge is 2.61. The average molecular weight is 435 g/mol. The molecular weight excluding hydrogens is 400 g/mol. The predicted molar refractivity (Wildman–Crippen MR) is 117 cm³/mol. The number of esters is 1. The number of ether oxygens (including phenoxy) is 3. The summed E-state index contributed by atoms with van der Waals surface area (Å²) < 4.78 is 24.8. The van der Waals surface area contributed by atoms with Crippen LogP contribution >= 0.6 is 0 Å². The second-order valence-electron chi connectivity index (χ2n) is 10.1. The van der Waals surface area contributed by atoms with Crippen molar-refractivity contribution in [3.8, 4) is 0 Å². The Morgan fingerprint density at radius 1 is 1.17 bits per heavy atom. The van der Waals surface area contributed by atoms with Gasteiger partial charge < -0.3 is 23.7 Å². The van der Waals surface area contributed by atoms with Crippen LogP contribution in [0.5, 0.6) is 0 Å². The molecule has 1 aliphatic heterocycles. The zero-order valence-electron chi connectivity index (χ0n) is 19.0. The summed E-state index contributed by atoms with van der Waals surface area (Å²) in [6.45, 7) is 14.4. The van der Waals surface area contributed by atoms with Gasteiger partial charge in [-0.25, -0.2) is 4.79 Å². The first-order valence-electron chi connectivity index (χ1n) is 10.4. The molecule has 1 heterocycles. The Balaban J connectivity index is 1.97. The van der Waals surface area contributed by atoms with E-state index in [4.69, 9.17) is 18.6 Å². The van der Waals surface area contributed by atoms with Crippen LogP contribution in [-0.4, -0.2) is 55.7 Å².